The van der Waals surface area contributed by atoms with Gasteiger partial charge in [0.2, 0.25) is 0 Å². The maximum Gasteiger partial charge on any atom is 0.280 e. The van der Waals surface area contributed by atoms with Crippen LogP contribution in [0.5, 0.6) is 0 Å². The van der Waals surface area contributed by atoms with Gasteiger partial charge >= 0.3 is 0 Å². The van der Waals surface area contributed by atoms with Gasteiger partial charge in [-0.1, -0.05) is 42.1 Å². The van der Waals surface area contributed by atoms with E-state index in [1.165, 1.54) is 43.2 Å². The number of hydrogen-bond acceptors (Lipinski definition) is 4. The molecule has 31 heavy (non-hydrogen) atoms. The Morgan fingerprint density at radius 1 is 1.13 bits per heavy atom. The van der Waals surface area contributed by atoms with Crippen molar-refractivity contribution in [1.82, 2.24) is 10.1 Å². The van der Waals surface area contributed by atoms with Crippen LogP contribution in [0.25, 0.3) is 0 Å². The summed E-state index contributed by atoms with van der Waals surface area (Å²) in [7, 11) is 0. The second-order valence-corrected chi connectivity index (χ2v) is 10.6. The third-order valence-corrected chi connectivity index (χ3v) is 8.80. The van der Waals surface area contributed by atoms with Crippen molar-refractivity contribution in [2.75, 3.05) is 24.5 Å². The van der Waals surface area contributed by atoms with E-state index >= 15 is 0 Å². The minimum absolute atomic E-state index is 0.0368. The van der Waals surface area contributed by atoms with Crippen molar-refractivity contribution >= 4 is 11.6 Å². The first-order valence-corrected chi connectivity index (χ1v) is 12.1. The molecule has 1 amide bonds. The van der Waals surface area contributed by atoms with Crippen molar-refractivity contribution in [3.05, 3.63) is 46.8 Å². The Balaban J connectivity index is 1.24. The van der Waals surface area contributed by atoms with E-state index in [2.05, 4.69) is 35.2 Å². The number of likely N-dealkylation sites (tertiary alicyclic amines) is 1. The number of hydrogen-bond donors (Lipinski definition) is 0. The number of rotatable bonds is 2. The second-order valence-electron chi connectivity index (χ2n) is 10.6. The molecule has 2 aliphatic heterocycles. The van der Waals surface area contributed by atoms with Gasteiger partial charge in [0.05, 0.1) is 0 Å². The fourth-order valence-corrected chi connectivity index (χ4v) is 7.03. The van der Waals surface area contributed by atoms with Crippen LogP contribution in [-0.4, -0.2) is 41.6 Å². The molecule has 3 fully saturated rings. The van der Waals surface area contributed by atoms with Gasteiger partial charge in [-0.25, -0.2) is 0 Å². The van der Waals surface area contributed by atoms with E-state index in [0.717, 1.165) is 56.0 Å². The number of benzene rings is 1. The van der Waals surface area contributed by atoms with Crippen molar-refractivity contribution in [2.24, 2.45) is 11.8 Å². The van der Waals surface area contributed by atoms with Crippen LogP contribution in [0, 0.1) is 25.7 Å². The summed E-state index contributed by atoms with van der Waals surface area (Å²) < 4.78 is 5.19. The lowest BCUT2D eigenvalue weighted by atomic mass is 9.61. The summed E-state index contributed by atoms with van der Waals surface area (Å²) >= 11 is 0. The molecule has 2 saturated carbocycles. The number of aromatic nitrogens is 1. The quantitative estimate of drug-likeness (QED) is 0.697. The lowest BCUT2D eigenvalue weighted by Gasteiger charge is -2.55. The highest BCUT2D eigenvalue weighted by molar-refractivity contribution is 6.06. The number of amides is 1. The first-order valence-electron chi connectivity index (χ1n) is 12.1. The molecule has 0 bridgehead atoms. The van der Waals surface area contributed by atoms with Gasteiger partial charge in [-0.3, -0.25) is 4.79 Å². The van der Waals surface area contributed by atoms with Gasteiger partial charge in [-0.15, -0.1) is 0 Å². The largest absolute Gasteiger partial charge is 0.361 e. The van der Waals surface area contributed by atoms with Gasteiger partial charge in [0.1, 0.15) is 5.76 Å². The molecule has 2 aromatic rings. The predicted molar refractivity (Wildman–Crippen MR) is 120 cm³/mol. The smallest absolute Gasteiger partial charge is 0.280 e. The average molecular weight is 420 g/mol. The number of piperidine rings is 1. The van der Waals surface area contributed by atoms with Crippen molar-refractivity contribution in [1.29, 1.82) is 0 Å². The zero-order valence-electron chi connectivity index (χ0n) is 18.8. The van der Waals surface area contributed by atoms with Gasteiger partial charge in [0, 0.05) is 29.8 Å². The zero-order valence-corrected chi connectivity index (χ0v) is 18.8. The molecule has 164 valence electrons. The molecule has 5 heteroatoms. The van der Waals surface area contributed by atoms with E-state index in [1.54, 1.807) is 6.07 Å². The monoisotopic (exact) mass is 419 g/mol. The molecule has 4 aliphatic rings. The number of nitrogens with zero attached hydrogens (tertiary/aromatic N) is 3. The SMILES string of the molecule is Cc1ccc2c(c1)C1(CCN(C3CC4CCCCC43)CC1)CN2C(=O)c1cc(C)on1. The van der Waals surface area contributed by atoms with Gasteiger partial charge in [0.15, 0.2) is 5.69 Å². The molecule has 2 aliphatic carbocycles. The van der Waals surface area contributed by atoms with E-state index in [9.17, 15) is 4.79 Å². The molecular weight excluding hydrogens is 386 g/mol. The van der Waals surface area contributed by atoms with Crippen LogP contribution in [0.1, 0.15) is 72.3 Å². The number of anilines is 1. The van der Waals surface area contributed by atoms with Crippen LogP contribution < -0.4 is 4.90 Å². The van der Waals surface area contributed by atoms with Gasteiger partial charge in [-0.2, -0.15) is 0 Å². The van der Waals surface area contributed by atoms with Crippen molar-refractivity contribution in [3.8, 4) is 0 Å². The highest BCUT2D eigenvalue weighted by atomic mass is 16.5. The molecule has 3 atom stereocenters. The summed E-state index contributed by atoms with van der Waals surface area (Å²) in [6.07, 6.45) is 9.48. The minimum atomic E-state index is -0.0368. The lowest BCUT2D eigenvalue weighted by molar-refractivity contribution is -0.0381. The van der Waals surface area contributed by atoms with Crippen molar-refractivity contribution in [2.45, 2.75) is 70.3 Å². The normalized spacial score (nSPS) is 29.5. The molecule has 5 nitrogen and oxygen atoms in total. The number of carbonyl (C=O) groups excluding carboxylic acids is 1. The van der Waals surface area contributed by atoms with Crippen LogP contribution in [0.15, 0.2) is 28.8 Å². The Kier molecular flexibility index (Phi) is 4.53. The second kappa shape index (κ2) is 7.19. The number of fused-ring (bicyclic) bond motifs is 3. The molecule has 0 radical (unpaired) electrons. The highest BCUT2D eigenvalue weighted by Gasteiger charge is 2.50. The topological polar surface area (TPSA) is 49.6 Å². The third kappa shape index (κ3) is 3.07. The minimum Gasteiger partial charge on any atom is -0.361 e. The van der Waals surface area contributed by atoms with Crippen LogP contribution >= 0.6 is 0 Å². The zero-order chi connectivity index (χ0) is 21.2. The standard InChI is InChI=1S/C26H33N3O2/c1-17-7-8-23-21(13-17)26(16-29(23)25(30)22-14-18(2)31-27-22)9-11-28(12-10-26)24-15-19-5-3-4-6-20(19)24/h7-8,13-14,19-20,24H,3-6,9-12,15-16H2,1-2H3. The van der Waals surface area contributed by atoms with Crippen LogP contribution in [0.3, 0.4) is 0 Å². The Hall–Kier alpha value is -2.14. The molecule has 1 aromatic carbocycles. The Labute approximate surface area is 184 Å². The summed E-state index contributed by atoms with van der Waals surface area (Å²) in [5, 5.41) is 4.00. The molecule has 1 saturated heterocycles. The molecule has 3 unspecified atom stereocenters. The maximum absolute atomic E-state index is 13.3. The molecule has 6 rings (SSSR count). The van der Waals surface area contributed by atoms with Crippen LogP contribution in [-0.2, 0) is 5.41 Å². The molecule has 0 N–H and O–H groups in total. The fraction of sp³-hybridized carbons (Fsp3) is 0.615. The third-order valence-electron chi connectivity index (χ3n) is 8.80. The van der Waals surface area contributed by atoms with E-state index < -0.39 is 0 Å². The fourth-order valence-electron chi connectivity index (χ4n) is 7.03. The molecular formula is C26H33N3O2. The summed E-state index contributed by atoms with van der Waals surface area (Å²) in [6.45, 7) is 7.07. The summed E-state index contributed by atoms with van der Waals surface area (Å²) in [5.41, 5.74) is 4.19. The molecule has 1 spiro atoms. The first-order chi connectivity index (χ1) is 15.0. The summed E-state index contributed by atoms with van der Waals surface area (Å²) in [6, 6.07) is 9.15. The Bertz CT molecular complexity index is 1000. The predicted octanol–water partition coefficient (Wildman–Crippen LogP) is 4.86. The lowest BCUT2D eigenvalue weighted by Crippen LogP contribution is -2.57. The van der Waals surface area contributed by atoms with E-state index in [0.29, 0.717) is 11.5 Å². The maximum atomic E-state index is 13.3. The molecule has 3 heterocycles. The summed E-state index contributed by atoms with van der Waals surface area (Å²) in [4.78, 5) is 18.1. The average Bonchev–Trinajstić information content (AvgIpc) is 3.32. The number of carbonyl (C=O) groups is 1. The van der Waals surface area contributed by atoms with Gasteiger partial charge in [-0.05, 0) is 76.1 Å². The van der Waals surface area contributed by atoms with Crippen molar-refractivity contribution in [3.63, 3.8) is 0 Å². The van der Waals surface area contributed by atoms with Crippen LogP contribution in [0.2, 0.25) is 0 Å². The highest BCUT2D eigenvalue weighted by Crippen LogP contribution is 2.51. The van der Waals surface area contributed by atoms with Crippen molar-refractivity contribution < 1.29 is 9.32 Å². The van der Waals surface area contributed by atoms with E-state index in [1.807, 2.05) is 11.8 Å². The van der Waals surface area contributed by atoms with Gasteiger partial charge in [0.25, 0.3) is 5.91 Å². The van der Waals surface area contributed by atoms with E-state index in [4.69, 9.17) is 4.52 Å². The van der Waals surface area contributed by atoms with Gasteiger partial charge < -0.3 is 14.3 Å². The van der Waals surface area contributed by atoms with Crippen LogP contribution in [0.4, 0.5) is 5.69 Å². The van der Waals surface area contributed by atoms with E-state index in [-0.39, 0.29) is 11.3 Å². The molecule has 1 aromatic heterocycles. The number of aryl methyl sites for hydroxylation is 2. The first kappa shape index (κ1) is 19.5. The summed E-state index contributed by atoms with van der Waals surface area (Å²) in [5.74, 6) is 2.60. The Morgan fingerprint density at radius 2 is 1.94 bits per heavy atom. The Morgan fingerprint density at radius 3 is 2.68 bits per heavy atom.